The molecule has 2 unspecified atom stereocenters. The monoisotopic (exact) mass is 279 g/mol. The summed E-state index contributed by atoms with van der Waals surface area (Å²) in [6.45, 7) is 5.57. The number of carboxylic acid groups (broad SMARTS) is 1. The first-order valence-electron chi connectivity index (χ1n) is 6.65. The van der Waals surface area contributed by atoms with Crippen LogP contribution in [0.4, 0.5) is 4.79 Å². The third-order valence-electron chi connectivity index (χ3n) is 3.28. The highest BCUT2D eigenvalue weighted by atomic mass is 16.4. The van der Waals surface area contributed by atoms with Gasteiger partial charge in [0.15, 0.2) is 0 Å². The Morgan fingerprint density at radius 2 is 2.10 bits per heavy atom. The van der Waals surface area contributed by atoms with Crippen LogP contribution in [0.5, 0.6) is 0 Å². The molecule has 3 N–H and O–H groups in total. The van der Waals surface area contributed by atoms with Gasteiger partial charge in [-0.2, -0.15) is 0 Å². The molecule has 6 heteroatoms. The van der Waals surface area contributed by atoms with Crippen LogP contribution in [-0.2, 0) is 17.8 Å². The maximum absolute atomic E-state index is 11.7. The van der Waals surface area contributed by atoms with Gasteiger partial charge in [-0.05, 0) is 31.9 Å². The summed E-state index contributed by atoms with van der Waals surface area (Å²) in [5.74, 6) is -1.57. The molecule has 1 rings (SSSR count). The molecule has 1 aromatic heterocycles. The molecule has 2 atom stereocenters. The molecule has 1 aromatic rings. The highest BCUT2D eigenvalue weighted by molar-refractivity contribution is 5.76. The predicted molar refractivity (Wildman–Crippen MR) is 75.2 cm³/mol. The summed E-state index contributed by atoms with van der Waals surface area (Å²) in [6, 6.07) is 3.00. The molecule has 0 spiro atoms. The van der Waals surface area contributed by atoms with Crippen molar-refractivity contribution in [3.63, 3.8) is 0 Å². The zero-order chi connectivity index (χ0) is 15.1. The lowest BCUT2D eigenvalue weighted by atomic mass is 10.0. The van der Waals surface area contributed by atoms with Crippen LogP contribution in [0.15, 0.2) is 18.3 Å². The molecule has 0 radical (unpaired) electrons. The van der Waals surface area contributed by atoms with Gasteiger partial charge in [0.05, 0.1) is 18.2 Å². The van der Waals surface area contributed by atoms with Crippen LogP contribution in [0.3, 0.4) is 0 Å². The van der Waals surface area contributed by atoms with E-state index in [-0.39, 0.29) is 0 Å². The van der Waals surface area contributed by atoms with Crippen molar-refractivity contribution in [2.75, 3.05) is 0 Å². The molecule has 0 aliphatic carbocycles. The van der Waals surface area contributed by atoms with Crippen LogP contribution in [0.25, 0.3) is 0 Å². The summed E-state index contributed by atoms with van der Waals surface area (Å²) in [6.07, 6.45) is 2.53. The lowest BCUT2D eigenvalue weighted by molar-refractivity contribution is -0.141. The number of pyridine rings is 1. The van der Waals surface area contributed by atoms with Crippen LogP contribution in [-0.4, -0.2) is 28.1 Å². The number of carbonyl (C=O) groups excluding carboxylic acids is 1. The van der Waals surface area contributed by atoms with Gasteiger partial charge in [-0.3, -0.25) is 9.78 Å². The normalized spacial score (nSPS) is 13.3. The van der Waals surface area contributed by atoms with E-state index in [2.05, 4.69) is 15.6 Å². The van der Waals surface area contributed by atoms with Crippen LogP contribution in [0.1, 0.15) is 32.0 Å². The minimum Gasteiger partial charge on any atom is -0.481 e. The maximum Gasteiger partial charge on any atom is 0.315 e. The van der Waals surface area contributed by atoms with Crippen molar-refractivity contribution in [3.05, 3.63) is 29.6 Å². The predicted octanol–water partition coefficient (Wildman–Crippen LogP) is 1.55. The van der Waals surface area contributed by atoms with Crippen molar-refractivity contribution < 1.29 is 14.7 Å². The van der Waals surface area contributed by atoms with Crippen molar-refractivity contribution in [1.82, 2.24) is 15.6 Å². The minimum absolute atomic E-state index is 0.323. The second kappa shape index (κ2) is 7.47. The van der Waals surface area contributed by atoms with E-state index in [4.69, 9.17) is 5.11 Å². The van der Waals surface area contributed by atoms with Crippen molar-refractivity contribution in [1.29, 1.82) is 0 Å². The fourth-order valence-electron chi connectivity index (χ4n) is 1.71. The Bertz CT molecular complexity index is 476. The molecule has 0 saturated carbocycles. The van der Waals surface area contributed by atoms with E-state index in [9.17, 15) is 9.59 Å². The Balaban J connectivity index is 2.49. The van der Waals surface area contributed by atoms with E-state index in [0.29, 0.717) is 6.54 Å². The summed E-state index contributed by atoms with van der Waals surface area (Å²) in [7, 11) is 0. The molecule has 0 aliphatic rings. The van der Waals surface area contributed by atoms with Gasteiger partial charge in [0, 0.05) is 12.2 Å². The summed E-state index contributed by atoms with van der Waals surface area (Å²) in [5, 5.41) is 14.2. The molecule has 0 aliphatic heterocycles. The molecule has 2 amide bonds. The van der Waals surface area contributed by atoms with E-state index in [1.807, 2.05) is 19.1 Å². The van der Waals surface area contributed by atoms with Gasteiger partial charge in [-0.15, -0.1) is 0 Å². The molecular formula is C14H21N3O3. The van der Waals surface area contributed by atoms with E-state index < -0.39 is 24.0 Å². The number of aromatic nitrogens is 1. The number of carboxylic acids is 1. The van der Waals surface area contributed by atoms with E-state index in [1.54, 1.807) is 20.0 Å². The number of rotatable bonds is 6. The molecular weight excluding hydrogens is 258 g/mol. The molecule has 0 bridgehead atoms. The minimum atomic E-state index is -0.934. The molecule has 0 saturated heterocycles. The van der Waals surface area contributed by atoms with Gasteiger partial charge in [-0.1, -0.05) is 13.0 Å². The van der Waals surface area contributed by atoms with Crippen molar-refractivity contribution in [2.45, 2.75) is 39.8 Å². The van der Waals surface area contributed by atoms with Gasteiger partial charge in [0.1, 0.15) is 0 Å². The Morgan fingerprint density at radius 3 is 2.70 bits per heavy atom. The standard InChI is InChI=1S/C14H21N3O3/c1-4-11-6-5-7-15-12(11)8-16-14(20)17-10(3)9(2)13(18)19/h5-7,9-10H,4,8H2,1-3H3,(H,18,19)(H2,16,17,20). The summed E-state index contributed by atoms with van der Waals surface area (Å²) in [4.78, 5) is 26.7. The zero-order valence-electron chi connectivity index (χ0n) is 12.0. The molecule has 6 nitrogen and oxygen atoms in total. The number of aryl methyl sites for hydroxylation is 1. The lowest BCUT2D eigenvalue weighted by Gasteiger charge is -2.18. The number of aliphatic carboxylic acids is 1. The average molecular weight is 279 g/mol. The van der Waals surface area contributed by atoms with E-state index >= 15 is 0 Å². The number of carbonyl (C=O) groups is 2. The third kappa shape index (κ3) is 4.53. The zero-order valence-corrected chi connectivity index (χ0v) is 12.0. The number of urea groups is 1. The second-order valence-electron chi connectivity index (χ2n) is 4.71. The van der Waals surface area contributed by atoms with E-state index in [0.717, 1.165) is 17.7 Å². The van der Waals surface area contributed by atoms with Gasteiger partial charge < -0.3 is 15.7 Å². The first kappa shape index (κ1) is 15.9. The molecule has 110 valence electrons. The maximum atomic E-state index is 11.7. The molecule has 0 aromatic carbocycles. The average Bonchev–Trinajstić information content (AvgIpc) is 2.44. The fraction of sp³-hybridized carbons (Fsp3) is 0.500. The Morgan fingerprint density at radius 1 is 1.40 bits per heavy atom. The van der Waals surface area contributed by atoms with Crippen molar-refractivity contribution >= 4 is 12.0 Å². The summed E-state index contributed by atoms with van der Waals surface area (Å²) < 4.78 is 0. The molecule has 0 fully saturated rings. The Hall–Kier alpha value is -2.11. The molecule has 20 heavy (non-hydrogen) atoms. The van der Waals surface area contributed by atoms with Gasteiger partial charge in [0.25, 0.3) is 0 Å². The number of hydrogen-bond acceptors (Lipinski definition) is 3. The summed E-state index contributed by atoms with van der Waals surface area (Å²) in [5.41, 5.74) is 1.91. The van der Waals surface area contributed by atoms with Gasteiger partial charge >= 0.3 is 12.0 Å². The number of amides is 2. The number of hydrogen-bond donors (Lipinski definition) is 3. The quantitative estimate of drug-likeness (QED) is 0.737. The van der Waals surface area contributed by atoms with Crippen molar-refractivity contribution in [3.8, 4) is 0 Å². The first-order chi connectivity index (χ1) is 9.45. The van der Waals surface area contributed by atoms with Crippen LogP contribution in [0, 0.1) is 5.92 Å². The number of nitrogens with one attached hydrogen (secondary N) is 2. The van der Waals surface area contributed by atoms with Crippen LogP contribution in [0.2, 0.25) is 0 Å². The first-order valence-corrected chi connectivity index (χ1v) is 6.65. The lowest BCUT2D eigenvalue weighted by Crippen LogP contribution is -2.45. The Kier molecular flexibility index (Phi) is 5.96. The van der Waals surface area contributed by atoms with Crippen LogP contribution < -0.4 is 10.6 Å². The largest absolute Gasteiger partial charge is 0.481 e. The van der Waals surface area contributed by atoms with Crippen molar-refractivity contribution in [2.24, 2.45) is 5.92 Å². The highest BCUT2D eigenvalue weighted by Gasteiger charge is 2.20. The highest BCUT2D eigenvalue weighted by Crippen LogP contribution is 2.06. The fourth-order valence-corrected chi connectivity index (χ4v) is 1.71. The van der Waals surface area contributed by atoms with Crippen LogP contribution >= 0.6 is 0 Å². The number of nitrogens with zero attached hydrogens (tertiary/aromatic N) is 1. The van der Waals surface area contributed by atoms with E-state index in [1.165, 1.54) is 0 Å². The smallest absolute Gasteiger partial charge is 0.315 e. The Labute approximate surface area is 118 Å². The third-order valence-corrected chi connectivity index (χ3v) is 3.28. The summed E-state index contributed by atoms with van der Waals surface area (Å²) >= 11 is 0. The van der Waals surface area contributed by atoms with Gasteiger partial charge in [0.2, 0.25) is 0 Å². The SMILES string of the molecule is CCc1cccnc1CNC(=O)NC(C)C(C)C(=O)O. The molecule has 1 heterocycles. The van der Waals surface area contributed by atoms with Gasteiger partial charge in [-0.25, -0.2) is 4.79 Å². The topological polar surface area (TPSA) is 91.3 Å². The second-order valence-corrected chi connectivity index (χ2v) is 4.71.